The summed E-state index contributed by atoms with van der Waals surface area (Å²) in [6.07, 6.45) is 89.3. The molecule has 0 radical (unpaired) electrons. The third kappa shape index (κ3) is 65.3. The quantitative estimate of drug-likeness (QED) is 0.0195. The van der Waals surface area contributed by atoms with Gasteiger partial charge in [0.15, 0.2) is 6.10 Å². The Bertz CT molecular complexity index is 1850. The van der Waals surface area contributed by atoms with E-state index in [1.54, 1.807) is 0 Å². The van der Waals surface area contributed by atoms with Crippen LogP contribution in [-0.4, -0.2) is 70.0 Å². The maximum Gasteiger partial charge on any atom is 0.306 e. The second-order valence-corrected chi connectivity index (χ2v) is 24.1. The lowest BCUT2D eigenvalue weighted by atomic mass is 10.0. The van der Waals surface area contributed by atoms with E-state index in [4.69, 9.17) is 18.5 Å². The van der Waals surface area contributed by atoms with Gasteiger partial charge in [0, 0.05) is 12.8 Å². The molecule has 468 valence electrons. The number of allylic oxidation sites excluding steroid dienone is 22. The van der Waals surface area contributed by atoms with Crippen molar-refractivity contribution in [2.45, 2.75) is 264 Å². The Balaban J connectivity index is 4.13. The average molecular weight is 1160 g/mol. The highest BCUT2D eigenvalue weighted by Gasteiger charge is 2.22. The van der Waals surface area contributed by atoms with Crippen molar-refractivity contribution >= 4 is 19.8 Å². The first-order valence-electron chi connectivity index (χ1n) is 32.9. The van der Waals surface area contributed by atoms with Crippen LogP contribution < -0.4 is 4.89 Å². The molecule has 0 aromatic rings. The molecule has 0 fully saturated rings. The highest BCUT2D eigenvalue weighted by Crippen LogP contribution is 2.38. The van der Waals surface area contributed by atoms with E-state index >= 15 is 0 Å². The van der Waals surface area contributed by atoms with Crippen molar-refractivity contribution in [1.82, 2.24) is 0 Å². The summed E-state index contributed by atoms with van der Waals surface area (Å²) in [5.41, 5.74) is 0. The van der Waals surface area contributed by atoms with E-state index in [-0.39, 0.29) is 32.0 Å². The minimum atomic E-state index is -4.65. The van der Waals surface area contributed by atoms with Gasteiger partial charge in [0.25, 0.3) is 7.82 Å². The van der Waals surface area contributed by atoms with Crippen LogP contribution in [0.2, 0.25) is 0 Å². The molecule has 0 saturated heterocycles. The van der Waals surface area contributed by atoms with Crippen molar-refractivity contribution in [1.29, 1.82) is 0 Å². The molecule has 0 aromatic carbocycles. The number of likely N-dealkylation sites (N-methyl/N-ethyl adjacent to an activating group) is 1. The summed E-state index contributed by atoms with van der Waals surface area (Å²) in [6, 6.07) is 0. The van der Waals surface area contributed by atoms with Crippen LogP contribution in [-0.2, 0) is 32.7 Å². The van der Waals surface area contributed by atoms with Crippen molar-refractivity contribution in [2.75, 3.05) is 47.5 Å². The molecule has 0 amide bonds. The number of unbranched alkanes of at least 4 members (excludes halogenated alkanes) is 23. The van der Waals surface area contributed by atoms with Gasteiger partial charge in [-0.15, -0.1) is 0 Å². The lowest BCUT2D eigenvalue weighted by Crippen LogP contribution is -2.37. The maximum absolute atomic E-state index is 12.9. The number of phosphoric acid groups is 1. The molecular weight excluding hydrogens is 1040 g/mol. The zero-order valence-corrected chi connectivity index (χ0v) is 54.0. The Morgan fingerprint density at radius 1 is 0.378 bits per heavy atom. The molecule has 0 bridgehead atoms. The molecule has 0 heterocycles. The monoisotopic (exact) mass is 1160 g/mol. The zero-order chi connectivity index (χ0) is 59.8. The largest absolute Gasteiger partial charge is 0.756 e. The first-order chi connectivity index (χ1) is 40.0. The van der Waals surface area contributed by atoms with Crippen molar-refractivity contribution in [3.8, 4) is 0 Å². The predicted molar refractivity (Wildman–Crippen MR) is 351 cm³/mol. The highest BCUT2D eigenvalue weighted by molar-refractivity contribution is 7.45. The standard InChI is InChI=1S/C72H122NO8P/c1-6-8-10-12-14-16-18-20-22-24-26-28-30-32-34-35-36-37-39-41-43-45-47-49-51-53-55-57-59-61-63-65-72(75)81-70(69-80-82(76,77)79-67-66-73(3,4)5)68-78-71(74)64-62-60-58-56-54-52-50-48-46-44-42-40-38-33-31-29-27-25-23-21-19-17-15-13-11-9-7-2/h8-11,14-17,20-23,26-29,32-34,36-38,70H,6-7,12-13,18-19,24-25,30-31,35,39-69H2,1-5H3/b10-8-,11-9-,16-14-,17-15-,22-20-,23-21-,28-26-,29-27-,34-32-,37-36-,38-33-. The maximum atomic E-state index is 12.9. The smallest absolute Gasteiger partial charge is 0.306 e. The van der Waals surface area contributed by atoms with E-state index in [1.165, 1.54) is 103 Å². The van der Waals surface area contributed by atoms with Gasteiger partial charge in [0.2, 0.25) is 0 Å². The summed E-state index contributed by atoms with van der Waals surface area (Å²) >= 11 is 0. The Kier molecular flexibility index (Phi) is 58.8. The molecule has 0 saturated carbocycles. The van der Waals surface area contributed by atoms with Gasteiger partial charge in [0.05, 0.1) is 27.7 Å². The molecular formula is C72H122NO8P. The van der Waals surface area contributed by atoms with Gasteiger partial charge in [-0.05, 0) is 109 Å². The number of rotatable bonds is 59. The Morgan fingerprint density at radius 3 is 0.976 bits per heavy atom. The summed E-state index contributed by atoms with van der Waals surface area (Å²) in [7, 11) is 1.15. The van der Waals surface area contributed by atoms with Crippen LogP contribution in [0.3, 0.4) is 0 Å². The molecule has 10 heteroatoms. The third-order valence-electron chi connectivity index (χ3n) is 13.7. The van der Waals surface area contributed by atoms with Crippen molar-refractivity contribution in [2.24, 2.45) is 0 Å². The highest BCUT2D eigenvalue weighted by atomic mass is 31.2. The van der Waals surface area contributed by atoms with E-state index in [2.05, 4.69) is 148 Å². The van der Waals surface area contributed by atoms with Gasteiger partial charge in [-0.1, -0.05) is 270 Å². The average Bonchev–Trinajstić information content (AvgIpc) is 3.46. The number of carbonyl (C=O) groups excluding carboxylic acids is 2. The van der Waals surface area contributed by atoms with E-state index in [9.17, 15) is 19.0 Å². The molecule has 0 aromatic heterocycles. The predicted octanol–water partition coefficient (Wildman–Crippen LogP) is 20.6. The Hall–Kier alpha value is -3.85. The minimum absolute atomic E-state index is 0.0377. The van der Waals surface area contributed by atoms with Crippen LogP contribution in [0.25, 0.3) is 0 Å². The van der Waals surface area contributed by atoms with E-state index in [0.29, 0.717) is 17.4 Å². The Morgan fingerprint density at radius 2 is 0.659 bits per heavy atom. The summed E-state index contributed by atoms with van der Waals surface area (Å²) in [5, 5.41) is 0. The lowest BCUT2D eigenvalue weighted by Gasteiger charge is -2.28. The van der Waals surface area contributed by atoms with Crippen LogP contribution in [0.15, 0.2) is 134 Å². The number of hydrogen-bond acceptors (Lipinski definition) is 8. The SMILES string of the molecule is CC/C=C\C/C=C\C/C=C\C/C=C\C/C=C\C/C=C\CCCCCCCCCCCCCCC(=O)OC(COC(=O)CCCCCCCCCCCCC/C=C\C/C=C\C/C=C\C/C=C\C/C=C\CC)COP(=O)([O-])OCC[N+](C)(C)C. The van der Waals surface area contributed by atoms with Gasteiger partial charge >= 0.3 is 11.9 Å². The lowest BCUT2D eigenvalue weighted by molar-refractivity contribution is -0.870. The van der Waals surface area contributed by atoms with E-state index < -0.39 is 26.5 Å². The number of phosphoric ester groups is 1. The van der Waals surface area contributed by atoms with Gasteiger partial charge in [-0.25, -0.2) is 0 Å². The van der Waals surface area contributed by atoms with Crippen molar-refractivity contribution in [3.05, 3.63) is 134 Å². The normalized spacial score (nSPS) is 14.1. The Labute approximate surface area is 504 Å². The van der Waals surface area contributed by atoms with Gasteiger partial charge in [-0.3, -0.25) is 14.2 Å². The summed E-state index contributed by atoms with van der Waals surface area (Å²) in [6.45, 7) is 4.01. The number of quaternary nitrogens is 1. The molecule has 0 spiro atoms. The summed E-state index contributed by atoms with van der Waals surface area (Å²) in [4.78, 5) is 38.0. The summed E-state index contributed by atoms with van der Waals surface area (Å²) < 4.78 is 34.3. The van der Waals surface area contributed by atoms with E-state index in [0.717, 1.165) is 122 Å². The second kappa shape index (κ2) is 61.7. The van der Waals surface area contributed by atoms with Gasteiger partial charge in [-0.2, -0.15) is 0 Å². The number of esters is 2. The molecule has 9 nitrogen and oxygen atoms in total. The molecule has 2 atom stereocenters. The molecule has 82 heavy (non-hydrogen) atoms. The molecule has 0 N–H and O–H groups in total. The van der Waals surface area contributed by atoms with Gasteiger partial charge < -0.3 is 27.9 Å². The van der Waals surface area contributed by atoms with Crippen molar-refractivity contribution in [3.63, 3.8) is 0 Å². The van der Waals surface area contributed by atoms with Gasteiger partial charge in [0.1, 0.15) is 19.8 Å². The molecule has 0 rings (SSSR count). The first kappa shape index (κ1) is 78.1. The number of carbonyl (C=O) groups is 2. The zero-order valence-electron chi connectivity index (χ0n) is 53.1. The number of hydrogen-bond donors (Lipinski definition) is 0. The molecule has 0 aliphatic heterocycles. The molecule has 2 unspecified atom stereocenters. The third-order valence-corrected chi connectivity index (χ3v) is 14.6. The number of nitrogens with zero attached hydrogens (tertiary/aromatic N) is 1. The second-order valence-electron chi connectivity index (χ2n) is 22.7. The fourth-order valence-electron chi connectivity index (χ4n) is 8.69. The van der Waals surface area contributed by atoms with Crippen LogP contribution in [0, 0.1) is 0 Å². The molecule has 0 aliphatic rings. The fraction of sp³-hybridized carbons (Fsp3) is 0.667. The molecule has 0 aliphatic carbocycles. The van der Waals surface area contributed by atoms with Crippen LogP contribution in [0.1, 0.15) is 258 Å². The fourth-order valence-corrected chi connectivity index (χ4v) is 9.42. The van der Waals surface area contributed by atoms with E-state index in [1.807, 2.05) is 21.1 Å². The van der Waals surface area contributed by atoms with Crippen LogP contribution in [0.5, 0.6) is 0 Å². The first-order valence-corrected chi connectivity index (χ1v) is 34.4. The van der Waals surface area contributed by atoms with Crippen LogP contribution in [0.4, 0.5) is 0 Å². The summed E-state index contributed by atoms with van der Waals surface area (Å²) in [5.74, 6) is -0.842. The van der Waals surface area contributed by atoms with Crippen LogP contribution >= 0.6 is 7.82 Å². The number of ether oxygens (including phenoxy) is 2. The topological polar surface area (TPSA) is 111 Å². The van der Waals surface area contributed by atoms with Crippen molar-refractivity contribution < 1.29 is 42.1 Å². The minimum Gasteiger partial charge on any atom is -0.756 e.